The first kappa shape index (κ1) is 11.0. The Morgan fingerprint density at radius 3 is 2.81 bits per heavy atom. The number of halogens is 1. The monoisotopic (exact) mass is 239 g/mol. The predicted octanol–water partition coefficient (Wildman–Crippen LogP) is 1.73. The summed E-state index contributed by atoms with van der Waals surface area (Å²) in [5, 5.41) is 0.435. The van der Waals surface area contributed by atoms with E-state index in [2.05, 4.69) is 4.98 Å². The Morgan fingerprint density at radius 1 is 1.44 bits per heavy atom. The first-order valence-electron chi connectivity index (χ1n) is 4.67. The number of benzene rings is 1. The zero-order valence-electron chi connectivity index (χ0n) is 8.62. The molecule has 2 rings (SSSR count). The van der Waals surface area contributed by atoms with Gasteiger partial charge in [-0.2, -0.15) is 0 Å². The minimum atomic E-state index is -1.32. The number of rotatable bonds is 2. The smallest absolute Gasteiger partial charge is 0.205 e. The molecule has 0 aliphatic heterocycles. The van der Waals surface area contributed by atoms with E-state index in [9.17, 15) is 13.4 Å². The molecule has 1 aromatic carbocycles. The van der Waals surface area contributed by atoms with Crippen LogP contribution in [0.15, 0.2) is 34.1 Å². The van der Waals surface area contributed by atoms with E-state index in [0.29, 0.717) is 16.5 Å². The Hall–Kier alpha value is -1.49. The summed E-state index contributed by atoms with van der Waals surface area (Å²) in [7, 11) is -1.32. The van der Waals surface area contributed by atoms with Crippen LogP contribution < -0.4 is 5.43 Å². The van der Waals surface area contributed by atoms with Crippen molar-refractivity contribution < 1.29 is 8.60 Å². The summed E-state index contributed by atoms with van der Waals surface area (Å²) >= 11 is 0. The third kappa shape index (κ3) is 1.78. The highest BCUT2D eigenvalue weighted by Gasteiger charge is 2.08. The maximum atomic E-state index is 12.4. The third-order valence-electron chi connectivity index (χ3n) is 2.38. The fraction of sp³-hybridized carbons (Fsp3) is 0.182. The average Bonchev–Trinajstić information content (AvgIpc) is 2.28. The highest BCUT2D eigenvalue weighted by Crippen LogP contribution is 2.12. The fourth-order valence-electron chi connectivity index (χ4n) is 1.55. The van der Waals surface area contributed by atoms with Crippen molar-refractivity contribution >= 4 is 21.7 Å². The van der Waals surface area contributed by atoms with Crippen LogP contribution in [0.2, 0.25) is 0 Å². The van der Waals surface area contributed by atoms with E-state index in [1.54, 1.807) is 18.2 Å². The maximum absolute atomic E-state index is 12.4. The first-order valence-corrected chi connectivity index (χ1v) is 6.23. The second-order valence-corrected chi connectivity index (χ2v) is 4.80. The summed E-state index contributed by atoms with van der Waals surface area (Å²) in [5.74, 6) is 0. The molecule has 3 nitrogen and oxygen atoms in total. The van der Waals surface area contributed by atoms with Crippen LogP contribution in [0.4, 0.5) is 4.39 Å². The molecule has 0 aliphatic carbocycles. The molecule has 1 heterocycles. The molecule has 2 aromatic rings. The van der Waals surface area contributed by atoms with Crippen LogP contribution in [0, 0.1) is 0 Å². The van der Waals surface area contributed by atoms with Gasteiger partial charge in [-0.3, -0.25) is 9.00 Å². The SMILES string of the molecule is CS(=O)c1c[nH]c2cc(CF)ccc2c1=O. The van der Waals surface area contributed by atoms with Crippen LogP contribution in [-0.4, -0.2) is 15.4 Å². The Bertz CT molecular complexity index is 621. The van der Waals surface area contributed by atoms with E-state index in [0.717, 1.165) is 0 Å². The van der Waals surface area contributed by atoms with Crippen molar-refractivity contribution in [2.24, 2.45) is 0 Å². The van der Waals surface area contributed by atoms with Crippen LogP contribution in [0.3, 0.4) is 0 Å². The predicted molar refractivity (Wildman–Crippen MR) is 61.7 cm³/mol. The standard InChI is InChI=1S/C11H10FNO2S/c1-16(15)10-6-13-9-4-7(5-12)2-3-8(9)11(10)14/h2-4,6H,5H2,1H3,(H,13,14). The summed E-state index contributed by atoms with van der Waals surface area (Å²) in [6.45, 7) is -0.570. The van der Waals surface area contributed by atoms with Crippen LogP contribution in [0.25, 0.3) is 10.9 Å². The first-order chi connectivity index (χ1) is 7.63. The number of fused-ring (bicyclic) bond motifs is 1. The van der Waals surface area contributed by atoms with Gasteiger partial charge in [-0.05, 0) is 17.7 Å². The topological polar surface area (TPSA) is 49.9 Å². The number of hydrogen-bond acceptors (Lipinski definition) is 2. The fourth-order valence-corrected chi connectivity index (χ4v) is 2.14. The van der Waals surface area contributed by atoms with Gasteiger partial charge in [0.1, 0.15) is 11.6 Å². The average molecular weight is 239 g/mol. The number of pyridine rings is 1. The van der Waals surface area contributed by atoms with Gasteiger partial charge in [-0.15, -0.1) is 0 Å². The molecule has 0 amide bonds. The summed E-state index contributed by atoms with van der Waals surface area (Å²) in [6, 6.07) is 4.69. The number of hydrogen-bond donors (Lipinski definition) is 1. The molecule has 0 bridgehead atoms. The van der Waals surface area contributed by atoms with Crippen LogP contribution in [0.1, 0.15) is 5.56 Å². The second kappa shape index (κ2) is 4.17. The molecule has 1 N–H and O–H groups in total. The van der Waals surface area contributed by atoms with Gasteiger partial charge in [0.05, 0.1) is 10.8 Å². The van der Waals surface area contributed by atoms with Gasteiger partial charge in [0, 0.05) is 23.4 Å². The molecule has 0 fully saturated rings. The molecule has 1 aromatic heterocycles. The lowest BCUT2D eigenvalue weighted by atomic mass is 10.1. The molecule has 0 saturated carbocycles. The molecule has 0 radical (unpaired) electrons. The lowest BCUT2D eigenvalue weighted by Crippen LogP contribution is -2.10. The van der Waals surface area contributed by atoms with E-state index < -0.39 is 17.5 Å². The van der Waals surface area contributed by atoms with Gasteiger partial charge in [0.2, 0.25) is 5.43 Å². The quantitative estimate of drug-likeness (QED) is 0.867. The van der Waals surface area contributed by atoms with Crippen molar-refractivity contribution in [3.05, 3.63) is 40.2 Å². The van der Waals surface area contributed by atoms with Crippen molar-refractivity contribution in [3.63, 3.8) is 0 Å². The highest BCUT2D eigenvalue weighted by atomic mass is 32.2. The number of aromatic amines is 1. The second-order valence-electron chi connectivity index (χ2n) is 3.45. The molecular weight excluding hydrogens is 229 g/mol. The van der Waals surface area contributed by atoms with Crippen LogP contribution in [-0.2, 0) is 17.5 Å². The van der Waals surface area contributed by atoms with Crippen molar-refractivity contribution in [2.75, 3.05) is 6.26 Å². The summed E-state index contributed by atoms with van der Waals surface area (Å²) < 4.78 is 23.7. The molecule has 5 heteroatoms. The van der Waals surface area contributed by atoms with E-state index in [1.165, 1.54) is 12.5 Å². The molecule has 0 saturated heterocycles. The highest BCUT2D eigenvalue weighted by molar-refractivity contribution is 7.84. The van der Waals surface area contributed by atoms with Crippen LogP contribution >= 0.6 is 0 Å². The Balaban J connectivity index is 2.77. The maximum Gasteiger partial charge on any atom is 0.205 e. The zero-order valence-corrected chi connectivity index (χ0v) is 9.44. The van der Waals surface area contributed by atoms with Crippen molar-refractivity contribution in [3.8, 4) is 0 Å². The zero-order chi connectivity index (χ0) is 11.7. The van der Waals surface area contributed by atoms with E-state index in [-0.39, 0.29) is 10.3 Å². The third-order valence-corrected chi connectivity index (χ3v) is 3.30. The van der Waals surface area contributed by atoms with Gasteiger partial charge >= 0.3 is 0 Å². The Kier molecular flexibility index (Phi) is 2.87. The minimum absolute atomic E-state index is 0.237. The van der Waals surface area contributed by atoms with E-state index >= 15 is 0 Å². The minimum Gasteiger partial charge on any atom is -0.360 e. The largest absolute Gasteiger partial charge is 0.360 e. The lowest BCUT2D eigenvalue weighted by Gasteiger charge is -2.02. The molecule has 84 valence electrons. The number of nitrogens with one attached hydrogen (secondary N) is 1. The van der Waals surface area contributed by atoms with Gasteiger partial charge in [0.15, 0.2) is 0 Å². The van der Waals surface area contributed by atoms with Gasteiger partial charge in [0.25, 0.3) is 0 Å². The van der Waals surface area contributed by atoms with Gasteiger partial charge in [-0.25, -0.2) is 4.39 Å². The van der Waals surface area contributed by atoms with Crippen molar-refractivity contribution in [1.82, 2.24) is 4.98 Å². The molecule has 0 aliphatic rings. The number of H-pyrrole nitrogens is 1. The summed E-state index contributed by atoms with van der Waals surface area (Å²) in [4.78, 5) is 15.0. The molecular formula is C11H10FNO2S. The Labute approximate surface area is 93.8 Å². The molecule has 16 heavy (non-hydrogen) atoms. The normalized spacial score (nSPS) is 12.9. The van der Waals surface area contributed by atoms with Crippen molar-refractivity contribution in [2.45, 2.75) is 11.6 Å². The molecule has 1 unspecified atom stereocenters. The van der Waals surface area contributed by atoms with E-state index in [1.807, 2.05) is 0 Å². The summed E-state index contributed by atoms with van der Waals surface area (Å²) in [6.07, 6.45) is 2.87. The number of alkyl halides is 1. The van der Waals surface area contributed by atoms with Gasteiger partial charge < -0.3 is 4.98 Å². The lowest BCUT2D eigenvalue weighted by molar-refractivity contribution is 0.485. The molecule has 0 spiro atoms. The van der Waals surface area contributed by atoms with Crippen LogP contribution in [0.5, 0.6) is 0 Å². The van der Waals surface area contributed by atoms with E-state index in [4.69, 9.17) is 0 Å². The van der Waals surface area contributed by atoms with Crippen molar-refractivity contribution in [1.29, 1.82) is 0 Å². The Morgan fingerprint density at radius 2 is 2.19 bits per heavy atom. The number of aromatic nitrogens is 1. The van der Waals surface area contributed by atoms with Gasteiger partial charge in [-0.1, -0.05) is 6.07 Å². The molecule has 1 atom stereocenters. The summed E-state index contributed by atoms with van der Waals surface area (Å²) in [5.41, 5.74) is 0.808.